The quantitative estimate of drug-likeness (QED) is 0.514. The van der Waals surface area contributed by atoms with Crippen molar-refractivity contribution in [2.24, 2.45) is 5.84 Å². The van der Waals surface area contributed by atoms with E-state index < -0.39 is 18.6 Å². The molecule has 1 rings (SSSR count). The lowest BCUT2D eigenvalue weighted by molar-refractivity contribution is -0.135. The molecule has 0 amide bonds. The normalized spacial score (nSPS) is 14.1. The van der Waals surface area contributed by atoms with Crippen LogP contribution in [0, 0.1) is 0 Å². The van der Waals surface area contributed by atoms with Crippen LogP contribution >= 0.6 is 0 Å². The highest BCUT2D eigenvalue weighted by molar-refractivity contribution is 4.89. The number of hydrogen-bond acceptors (Lipinski definition) is 4. The molecule has 1 heterocycles. The number of nitrogens with zero attached hydrogens (tertiary/aromatic N) is 2. The fourth-order valence-corrected chi connectivity index (χ4v) is 1.19. The highest BCUT2D eigenvalue weighted by atomic mass is 19.4. The molecule has 0 aromatic carbocycles. The zero-order valence-electron chi connectivity index (χ0n) is 7.88. The van der Waals surface area contributed by atoms with Gasteiger partial charge in [0, 0.05) is 6.42 Å². The molecule has 0 bridgehead atoms. The fourth-order valence-electron chi connectivity index (χ4n) is 1.19. The number of halogens is 3. The van der Waals surface area contributed by atoms with Gasteiger partial charge < -0.3 is 0 Å². The topological polar surface area (TPSA) is 79.6 Å². The Labute approximate surface area is 84.2 Å². The van der Waals surface area contributed by atoms with Crippen LogP contribution in [-0.4, -0.2) is 21.4 Å². The molecule has 5 nitrogen and oxygen atoms in total. The van der Waals surface area contributed by atoms with Gasteiger partial charge in [0.1, 0.15) is 12.2 Å². The number of H-pyrrole nitrogens is 1. The van der Waals surface area contributed by atoms with Gasteiger partial charge in [-0.25, -0.2) is 10.4 Å². The average molecular weight is 223 g/mol. The number of nitrogens with two attached hydrogens (primary N) is 1. The van der Waals surface area contributed by atoms with Crippen molar-refractivity contribution in [1.82, 2.24) is 20.6 Å². The van der Waals surface area contributed by atoms with E-state index in [1.54, 1.807) is 0 Å². The van der Waals surface area contributed by atoms with E-state index in [9.17, 15) is 13.2 Å². The lowest BCUT2D eigenvalue weighted by Crippen LogP contribution is -2.29. The van der Waals surface area contributed by atoms with Crippen LogP contribution in [0.25, 0.3) is 0 Å². The molecule has 0 aliphatic heterocycles. The Balaban J connectivity index is 2.36. The minimum Gasteiger partial charge on any atom is -0.271 e. The summed E-state index contributed by atoms with van der Waals surface area (Å²) in [6, 6.07) is -0.421. The van der Waals surface area contributed by atoms with Gasteiger partial charge in [0.15, 0.2) is 0 Å². The van der Waals surface area contributed by atoms with Crippen LogP contribution in [0.15, 0.2) is 6.33 Å². The van der Waals surface area contributed by atoms with E-state index in [0.717, 1.165) is 0 Å². The van der Waals surface area contributed by atoms with Crippen molar-refractivity contribution in [2.45, 2.75) is 31.5 Å². The molecule has 0 spiro atoms. The van der Waals surface area contributed by atoms with Gasteiger partial charge in [-0.3, -0.25) is 10.9 Å². The van der Waals surface area contributed by atoms with E-state index in [-0.39, 0.29) is 12.8 Å². The number of hydrazine groups is 1. The highest BCUT2D eigenvalue weighted by Crippen LogP contribution is 2.24. The van der Waals surface area contributed by atoms with E-state index in [4.69, 9.17) is 5.84 Å². The van der Waals surface area contributed by atoms with Crippen LogP contribution in [0.3, 0.4) is 0 Å². The summed E-state index contributed by atoms with van der Waals surface area (Å²) in [5, 5.41) is 6.14. The molecule has 0 saturated heterocycles. The Bertz CT molecular complexity index is 271. The molecule has 1 atom stereocenters. The van der Waals surface area contributed by atoms with Crippen LogP contribution in [0.4, 0.5) is 13.2 Å². The summed E-state index contributed by atoms with van der Waals surface area (Å²) in [4.78, 5) is 3.81. The molecule has 0 saturated carbocycles. The second-order valence-corrected chi connectivity index (χ2v) is 3.10. The van der Waals surface area contributed by atoms with Gasteiger partial charge >= 0.3 is 6.18 Å². The third-order valence-corrected chi connectivity index (χ3v) is 1.92. The highest BCUT2D eigenvalue weighted by Gasteiger charge is 2.27. The zero-order chi connectivity index (χ0) is 11.3. The third kappa shape index (κ3) is 4.26. The summed E-state index contributed by atoms with van der Waals surface area (Å²) in [5.41, 5.74) is 2.39. The maximum absolute atomic E-state index is 11.9. The summed E-state index contributed by atoms with van der Waals surface area (Å²) in [5.74, 6) is 5.64. The van der Waals surface area contributed by atoms with Gasteiger partial charge in [-0.05, 0) is 12.8 Å². The van der Waals surface area contributed by atoms with Crippen molar-refractivity contribution in [2.75, 3.05) is 0 Å². The molecule has 0 radical (unpaired) electrons. The smallest absolute Gasteiger partial charge is 0.271 e. The molecular formula is C7H12F3N5. The molecule has 0 aliphatic carbocycles. The first kappa shape index (κ1) is 11.9. The molecule has 1 unspecified atom stereocenters. The maximum atomic E-state index is 11.9. The van der Waals surface area contributed by atoms with E-state index in [0.29, 0.717) is 5.82 Å². The largest absolute Gasteiger partial charge is 0.389 e. The Hall–Kier alpha value is -1.15. The summed E-state index contributed by atoms with van der Waals surface area (Å²) in [7, 11) is 0. The Morgan fingerprint density at radius 3 is 2.73 bits per heavy atom. The summed E-state index contributed by atoms with van der Waals surface area (Å²) in [6.07, 6.45) is -3.41. The van der Waals surface area contributed by atoms with E-state index in [1.165, 1.54) is 6.33 Å². The predicted octanol–water partition coefficient (Wildman–Crippen LogP) is 1.04. The number of nitrogens with one attached hydrogen (secondary N) is 2. The van der Waals surface area contributed by atoms with Crippen LogP contribution in [0.1, 0.15) is 31.1 Å². The zero-order valence-corrected chi connectivity index (χ0v) is 7.88. The van der Waals surface area contributed by atoms with Gasteiger partial charge in [-0.2, -0.15) is 18.3 Å². The van der Waals surface area contributed by atoms with Gasteiger partial charge in [-0.1, -0.05) is 0 Å². The summed E-state index contributed by atoms with van der Waals surface area (Å²) < 4.78 is 35.6. The molecule has 15 heavy (non-hydrogen) atoms. The van der Waals surface area contributed by atoms with Gasteiger partial charge in [0.25, 0.3) is 0 Å². The van der Waals surface area contributed by atoms with Crippen LogP contribution < -0.4 is 11.3 Å². The van der Waals surface area contributed by atoms with Crippen LogP contribution in [-0.2, 0) is 0 Å². The SMILES string of the molecule is NNC(CCCC(F)(F)F)c1ncn[nH]1. The molecule has 1 aromatic heterocycles. The summed E-state index contributed by atoms with van der Waals surface area (Å²) in [6.45, 7) is 0. The molecule has 0 aliphatic rings. The first-order valence-electron chi connectivity index (χ1n) is 4.41. The van der Waals surface area contributed by atoms with Gasteiger partial charge in [0.05, 0.1) is 6.04 Å². The van der Waals surface area contributed by atoms with Crippen molar-refractivity contribution >= 4 is 0 Å². The second-order valence-electron chi connectivity index (χ2n) is 3.10. The van der Waals surface area contributed by atoms with Gasteiger partial charge in [-0.15, -0.1) is 0 Å². The minimum atomic E-state index is -4.12. The lowest BCUT2D eigenvalue weighted by Gasteiger charge is -2.13. The van der Waals surface area contributed by atoms with Gasteiger partial charge in [0.2, 0.25) is 0 Å². The molecule has 86 valence electrons. The van der Waals surface area contributed by atoms with E-state index in [1.807, 2.05) is 0 Å². The number of rotatable bonds is 5. The standard InChI is InChI=1S/C7H12F3N5/c8-7(9,10)3-1-2-5(14-11)6-12-4-13-15-6/h4-5,14H,1-3,11H2,(H,12,13,15). The number of alkyl halides is 3. The van der Waals surface area contributed by atoms with E-state index >= 15 is 0 Å². The Kier molecular flexibility index (Phi) is 4.04. The van der Waals surface area contributed by atoms with Crippen molar-refractivity contribution < 1.29 is 13.2 Å². The fraction of sp³-hybridized carbons (Fsp3) is 0.714. The molecule has 4 N–H and O–H groups in total. The average Bonchev–Trinajstić information content (AvgIpc) is 2.63. The Morgan fingerprint density at radius 1 is 1.53 bits per heavy atom. The number of hydrogen-bond donors (Lipinski definition) is 3. The van der Waals surface area contributed by atoms with Crippen molar-refractivity contribution in [3.8, 4) is 0 Å². The van der Waals surface area contributed by atoms with Crippen molar-refractivity contribution in [1.29, 1.82) is 0 Å². The number of aromatic amines is 1. The first-order valence-corrected chi connectivity index (χ1v) is 4.41. The summed E-state index contributed by atoms with van der Waals surface area (Å²) >= 11 is 0. The lowest BCUT2D eigenvalue weighted by atomic mass is 10.1. The molecular weight excluding hydrogens is 211 g/mol. The van der Waals surface area contributed by atoms with Crippen LogP contribution in [0.2, 0.25) is 0 Å². The second kappa shape index (κ2) is 5.08. The monoisotopic (exact) mass is 223 g/mol. The predicted molar refractivity (Wildman–Crippen MR) is 46.4 cm³/mol. The van der Waals surface area contributed by atoms with Crippen molar-refractivity contribution in [3.63, 3.8) is 0 Å². The molecule has 1 aromatic rings. The minimum absolute atomic E-state index is 0.000926. The molecule has 0 fully saturated rings. The van der Waals surface area contributed by atoms with Crippen LogP contribution in [0.5, 0.6) is 0 Å². The first-order chi connectivity index (χ1) is 7.03. The maximum Gasteiger partial charge on any atom is 0.389 e. The molecule has 8 heteroatoms. The van der Waals surface area contributed by atoms with E-state index in [2.05, 4.69) is 20.6 Å². The van der Waals surface area contributed by atoms with Crippen molar-refractivity contribution in [3.05, 3.63) is 12.2 Å². The Morgan fingerprint density at radius 2 is 2.27 bits per heavy atom. The third-order valence-electron chi connectivity index (χ3n) is 1.92. The number of aromatic nitrogens is 3.